The first kappa shape index (κ1) is 25.1. The van der Waals surface area contributed by atoms with Crippen LogP contribution in [0, 0.1) is 0 Å². The van der Waals surface area contributed by atoms with E-state index in [-0.39, 0.29) is 13.2 Å². The van der Waals surface area contributed by atoms with Crippen molar-refractivity contribution in [2.45, 2.75) is 25.9 Å². The molecule has 0 fully saturated rings. The Morgan fingerprint density at radius 1 is 0.882 bits per heavy atom. The first-order valence-corrected chi connectivity index (χ1v) is 10.1. The van der Waals surface area contributed by atoms with Crippen molar-refractivity contribution in [1.82, 2.24) is 4.98 Å². The summed E-state index contributed by atoms with van der Waals surface area (Å²) in [4.78, 5) is 5.78. The minimum Gasteiger partial charge on any atom is -0.491 e. The van der Waals surface area contributed by atoms with Crippen LogP contribution < -0.4 is 19.1 Å². The fourth-order valence-electron chi connectivity index (χ4n) is 3.04. The van der Waals surface area contributed by atoms with Gasteiger partial charge in [0.1, 0.15) is 18.5 Å². The molecule has 0 radical (unpaired) electrons. The number of alkyl halides is 4. The minimum atomic E-state index is -3.25. The molecule has 3 aromatic rings. The predicted molar refractivity (Wildman–Crippen MR) is 115 cm³/mol. The lowest BCUT2D eigenvalue weighted by Crippen LogP contribution is -2.21. The molecule has 7 nitrogen and oxygen atoms in total. The van der Waals surface area contributed by atoms with Crippen LogP contribution in [0.2, 0.25) is 0 Å². The van der Waals surface area contributed by atoms with Crippen molar-refractivity contribution in [2.75, 3.05) is 18.1 Å². The molecule has 0 saturated carbocycles. The number of benzene rings is 2. The molecule has 0 aliphatic rings. The van der Waals surface area contributed by atoms with Gasteiger partial charge in [-0.15, -0.1) is 0 Å². The molecule has 0 saturated heterocycles. The summed E-state index contributed by atoms with van der Waals surface area (Å²) in [5.74, 6) is -0.708. The molecule has 0 unspecified atom stereocenters. The van der Waals surface area contributed by atoms with Gasteiger partial charge in [-0.25, -0.2) is 0 Å². The molecule has 1 aromatic heterocycles. The number of hydrogen-bond donors (Lipinski definition) is 2. The zero-order chi connectivity index (χ0) is 24.5. The molecule has 182 valence electrons. The Hall–Kier alpha value is -3.57. The number of aliphatic hydroxyl groups excluding tert-OH is 2. The van der Waals surface area contributed by atoms with Gasteiger partial charge in [-0.3, -0.25) is 4.98 Å². The SMILES string of the molecule is OC[C@@H](O)COc1cccc(N(Cc2cccnc2)c2ccc(OC(F)F)c(OC(F)F)c2)c1. The molecule has 11 heteroatoms. The molecule has 0 spiro atoms. The maximum absolute atomic E-state index is 12.9. The fraction of sp³-hybridized carbons (Fsp3) is 0.261. The van der Waals surface area contributed by atoms with Crippen LogP contribution >= 0.6 is 0 Å². The molecule has 34 heavy (non-hydrogen) atoms. The zero-order valence-electron chi connectivity index (χ0n) is 17.7. The topological polar surface area (TPSA) is 84.3 Å². The number of aromatic nitrogens is 1. The summed E-state index contributed by atoms with van der Waals surface area (Å²) in [7, 11) is 0. The number of rotatable bonds is 12. The van der Waals surface area contributed by atoms with Crippen LogP contribution in [0.1, 0.15) is 5.56 Å². The summed E-state index contributed by atoms with van der Waals surface area (Å²) < 4.78 is 65.5. The highest BCUT2D eigenvalue weighted by molar-refractivity contribution is 5.67. The van der Waals surface area contributed by atoms with Crippen LogP contribution in [-0.2, 0) is 6.54 Å². The molecule has 0 aliphatic carbocycles. The zero-order valence-corrected chi connectivity index (χ0v) is 17.7. The lowest BCUT2D eigenvalue weighted by Gasteiger charge is -2.26. The molecule has 2 aromatic carbocycles. The van der Waals surface area contributed by atoms with Crippen LogP contribution in [0.15, 0.2) is 67.0 Å². The van der Waals surface area contributed by atoms with E-state index in [1.807, 2.05) is 6.07 Å². The molecule has 0 amide bonds. The summed E-state index contributed by atoms with van der Waals surface area (Å²) in [6.07, 6.45) is 2.15. The summed E-state index contributed by atoms with van der Waals surface area (Å²) in [5.41, 5.74) is 1.67. The van der Waals surface area contributed by atoms with Gasteiger partial charge in [0.05, 0.1) is 6.61 Å². The van der Waals surface area contributed by atoms with E-state index < -0.39 is 37.4 Å². The lowest BCUT2D eigenvalue weighted by molar-refractivity contribution is -0.0692. The second-order valence-corrected chi connectivity index (χ2v) is 6.98. The maximum Gasteiger partial charge on any atom is 0.387 e. The van der Waals surface area contributed by atoms with Crippen molar-refractivity contribution in [1.29, 1.82) is 0 Å². The van der Waals surface area contributed by atoms with E-state index in [9.17, 15) is 22.7 Å². The van der Waals surface area contributed by atoms with E-state index in [1.54, 1.807) is 47.6 Å². The Kier molecular flexibility index (Phi) is 8.88. The molecule has 0 aliphatic heterocycles. The van der Waals surface area contributed by atoms with Gasteiger partial charge in [0, 0.05) is 42.4 Å². The van der Waals surface area contributed by atoms with E-state index >= 15 is 0 Å². The number of halogens is 4. The summed E-state index contributed by atoms with van der Waals surface area (Å²) in [6, 6.07) is 13.9. The molecular formula is C23H22F4N2O5. The highest BCUT2D eigenvalue weighted by Gasteiger charge is 2.19. The van der Waals surface area contributed by atoms with Gasteiger partial charge in [-0.2, -0.15) is 17.6 Å². The lowest BCUT2D eigenvalue weighted by atomic mass is 10.1. The predicted octanol–water partition coefficient (Wildman–Crippen LogP) is 4.35. The molecule has 3 rings (SSSR count). The van der Waals surface area contributed by atoms with Crippen LogP contribution in [0.4, 0.5) is 28.9 Å². The van der Waals surface area contributed by atoms with Crippen molar-refractivity contribution in [3.05, 3.63) is 72.6 Å². The standard InChI is InChI=1S/C23H22F4N2O5/c24-22(25)33-20-7-6-17(10-21(20)34-23(26)27)29(12-15-3-2-8-28-11-15)16-4-1-5-19(9-16)32-14-18(31)13-30/h1-11,18,22-23,30-31H,12-14H2/t18-/m1/s1. The van der Waals surface area contributed by atoms with Crippen molar-refractivity contribution in [3.63, 3.8) is 0 Å². The third kappa shape index (κ3) is 7.22. The number of anilines is 2. The Bertz CT molecular complexity index is 1040. The molecule has 1 heterocycles. The first-order valence-electron chi connectivity index (χ1n) is 10.1. The van der Waals surface area contributed by atoms with E-state index in [0.717, 1.165) is 11.6 Å². The van der Waals surface area contributed by atoms with E-state index in [1.165, 1.54) is 12.1 Å². The van der Waals surface area contributed by atoms with Gasteiger partial charge in [0.25, 0.3) is 0 Å². The fourth-order valence-corrected chi connectivity index (χ4v) is 3.04. The Balaban J connectivity index is 2.00. The number of hydrogen-bond acceptors (Lipinski definition) is 7. The monoisotopic (exact) mass is 482 g/mol. The van der Waals surface area contributed by atoms with Gasteiger partial charge in [-0.1, -0.05) is 12.1 Å². The van der Waals surface area contributed by atoms with Crippen molar-refractivity contribution in [3.8, 4) is 17.2 Å². The van der Waals surface area contributed by atoms with Gasteiger partial charge >= 0.3 is 13.2 Å². The third-order valence-electron chi connectivity index (χ3n) is 4.52. The summed E-state index contributed by atoms with van der Waals surface area (Å²) in [5, 5.41) is 18.5. The van der Waals surface area contributed by atoms with Crippen molar-refractivity contribution < 1.29 is 42.0 Å². The van der Waals surface area contributed by atoms with Crippen LogP contribution in [0.5, 0.6) is 17.2 Å². The van der Waals surface area contributed by atoms with Crippen molar-refractivity contribution in [2.24, 2.45) is 0 Å². The van der Waals surface area contributed by atoms with Crippen LogP contribution in [-0.4, -0.2) is 47.7 Å². The number of pyridine rings is 1. The maximum atomic E-state index is 12.9. The second kappa shape index (κ2) is 12.1. The van der Waals surface area contributed by atoms with Crippen molar-refractivity contribution >= 4 is 11.4 Å². The third-order valence-corrected chi connectivity index (χ3v) is 4.52. The second-order valence-electron chi connectivity index (χ2n) is 6.98. The van der Waals surface area contributed by atoms with Crippen LogP contribution in [0.25, 0.3) is 0 Å². The molecular weight excluding hydrogens is 460 g/mol. The Morgan fingerprint density at radius 3 is 2.29 bits per heavy atom. The number of aliphatic hydroxyl groups is 2. The Labute approximate surface area is 192 Å². The van der Waals surface area contributed by atoms with Gasteiger partial charge in [-0.05, 0) is 35.9 Å². The highest BCUT2D eigenvalue weighted by Crippen LogP contribution is 2.38. The molecule has 1 atom stereocenters. The Morgan fingerprint density at radius 2 is 1.62 bits per heavy atom. The normalized spacial score (nSPS) is 12.0. The molecule has 2 N–H and O–H groups in total. The summed E-state index contributed by atoms with van der Waals surface area (Å²) in [6.45, 7) is -6.85. The van der Waals surface area contributed by atoms with Crippen LogP contribution in [0.3, 0.4) is 0 Å². The van der Waals surface area contributed by atoms with E-state index in [2.05, 4.69) is 14.5 Å². The average molecular weight is 482 g/mol. The minimum absolute atomic E-state index is 0.144. The largest absolute Gasteiger partial charge is 0.491 e. The van der Waals surface area contributed by atoms with Gasteiger partial charge in [0.2, 0.25) is 0 Å². The highest BCUT2D eigenvalue weighted by atomic mass is 19.3. The van der Waals surface area contributed by atoms with Gasteiger partial charge in [0.15, 0.2) is 11.5 Å². The van der Waals surface area contributed by atoms with E-state index in [0.29, 0.717) is 17.1 Å². The first-order chi connectivity index (χ1) is 16.4. The smallest absolute Gasteiger partial charge is 0.387 e. The molecule has 0 bridgehead atoms. The quantitative estimate of drug-likeness (QED) is 0.371. The number of nitrogens with zero attached hydrogens (tertiary/aromatic N) is 2. The average Bonchev–Trinajstić information content (AvgIpc) is 2.82. The summed E-state index contributed by atoms with van der Waals surface area (Å²) >= 11 is 0. The van der Waals surface area contributed by atoms with Gasteiger partial charge < -0.3 is 29.3 Å². The number of ether oxygens (including phenoxy) is 3. The van der Waals surface area contributed by atoms with E-state index in [4.69, 9.17) is 9.84 Å².